The van der Waals surface area contributed by atoms with Crippen LogP contribution < -0.4 is 4.90 Å². The van der Waals surface area contributed by atoms with E-state index in [1.54, 1.807) is 35.6 Å². The topological polar surface area (TPSA) is 51.0 Å². The molecule has 1 saturated heterocycles. The van der Waals surface area contributed by atoms with Crippen molar-refractivity contribution in [1.82, 2.24) is 4.90 Å². The van der Waals surface area contributed by atoms with Gasteiger partial charge in [-0.15, -0.1) is 11.3 Å². The third-order valence-electron chi connectivity index (χ3n) is 5.11. The number of hydrogen-bond acceptors (Lipinski definition) is 4. The van der Waals surface area contributed by atoms with E-state index < -0.39 is 0 Å². The summed E-state index contributed by atoms with van der Waals surface area (Å²) in [6, 6.07) is 11.3. The molecule has 1 aromatic carbocycles. The molecule has 26 heavy (non-hydrogen) atoms. The number of amides is 2. The number of nitrogens with zero attached hydrogens (tertiary/aromatic N) is 1. The van der Waals surface area contributed by atoms with E-state index in [0.29, 0.717) is 17.7 Å². The minimum Gasteiger partial charge on any atom is -0.372 e. The fourth-order valence-corrected chi connectivity index (χ4v) is 4.54. The van der Waals surface area contributed by atoms with E-state index >= 15 is 0 Å². The molecule has 2 amide bonds. The molecule has 1 N–H and O–H groups in total. The van der Waals surface area contributed by atoms with Gasteiger partial charge < -0.3 is 9.64 Å². The maximum Gasteiger partial charge on any atom is 0.261 e. The lowest BCUT2D eigenvalue weighted by atomic mass is 10.1. The van der Waals surface area contributed by atoms with Crippen LogP contribution in [0.3, 0.4) is 0 Å². The highest BCUT2D eigenvalue weighted by molar-refractivity contribution is 7.09. The van der Waals surface area contributed by atoms with E-state index in [-0.39, 0.29) is 17.9 Å². The minimum atomic E-state index is -0.168. The smallest absolute Gasteiger partial charge is 0.261 e. The molecule has 0 radical (unpaired) electrons. The van der Waals surface area contributed by atoms with E-state index in [1.165, 1.54) is 14.7 Å². The molecule has 0 saturated carbocycles. The Morgan fingerprint density at radius 1 is 1.12 bits per heavy atom. The van der Waals surface area contributed by atoms with Crippen molar-refractivity contribution in [2.24, 2.45) is 0 Å². The number of quaternary nitrogens is 1. The maximum absolute atomic E-state index is 12.6. The minimum absolute atomic E-state index is 0.168. The lowest BCUT2D eigenvalue weighted by molar-refractivity contribution is -0.915. The summed E-state index contributed by atoms with van der Waals surface area (Å²) in [6.45, 7) is 3.85. The van der Waals surface area contributed by atoms with Crippen LogP contribution in [0.25, 0.3) is 0 Å². The highest BCUT2D eigenvalue weighted by atomic mass is 32.1. The second-order valence-electron chi connectivity index (χ2n) is 6.90. The van der Waals surface area contributed by atoms with Gasteiger partial charge in [0.1, 0.15) is 19.2 Å². The second-order valence-corrected chi connectivity index (χ2v) is 7.94. The largest absolute Gasteiger partial charge is 0.372 e. The number of thiophene rings is 1. The molecule has 0 spiro atoms. The Kier molecular flexibility index (Phi) is 5.15. The van der Waals surface area contributed by atoms with Gasteiger partial charge in [-0.3, -0.25) is 14.5 Å². The van der Waals surface area contributed by atoms with Crippen molar-refractivity contribution in [3.8, 4) is 0 Å². The normalized spacial score (nSPS) is 20.6. The van der Waals surface area contributed by atoms with Gasteiger partial charge in [0.2, 0.25) is 0 Å². The van der Waals surface area contributed by atoms with Crippen LogP contribution in [0.4, 0.5) is 0 Å². The van der Waals surface area contributed by atoms with E-state index in [4.69, 9.17) is 4.74 Å². The van der Waals surface area contributed by atoms with Gasteiger partial charge in [-0.1, -0.05) is 18.2 Å². The van der Waals surface area contributed by atoms with Crippen molar-refractivity contribution in [3.63, 3.8) is 0 Å². The summed E-state index contributed by atoms with van der Waals surface area (Å²) in [5.41, 5.74) is 1.05. The third-order valence-corrected chi connectivity index (χ3v) is 5.99. The Balaban J connectivity index is 1.42. The van der Waals surface area contributed by atoms with Crippen LogP contribution in [-0.2, 0) is 11.3 Å². The number of benzene rings is 1. The van der Waals surface area contributed by atoms with Crippen LogP contribution in [-0.4, -0.2) is 49.1 Å². The van der Waals surface area contributed by atoms with Gasteiger partial charge >= 0.3 is 0 Å². The van der Waals surface area contributed by atoms with E-state index in [2.05, 4.69) is 17.5 Å². The molecule has 0 bridgehead atoms. The van der Waals surface area contributed by atoms with Gasteiger partial charge in [0, 0.05) is 6.61 Å². The Bertz CT molecular complexity index is 749. The molecule has 2 aromatic rings. The highest BCUT2D eigenvalue weighted by Gasteiger charge is 2.35. The summed E-state index contributed by atoms with van der Waals surface area (Å²) in [5, 5.41) is 2.09. The number of fused-ring (bicyclic) bond motifs is 1. The van der Waals surface area contributed by atoms with Crippen molar-refractivity contribution in [2.75, 3.05) is 26.2 Å². The fraction of sp³-hybridized carbons (Fsp3) is 0.400. The average Bonchev–Trinajstić information content (AvgIpc) is 3.38. The number of hydrogen-bond donors (Lipinski definition) is 1. The molecule has 4 rings (SSSR count). The number of ether oxygens (including phenoxy) is 1. The molecule has 1 aromatic heterocycles. The SMILES string of the molecule is O=C1c2ccccc2C(=O)N1CC[NH+](Cc1cccs1)C[C@@H]1CCCO1. The van der Waals surface area contributed by atoms with Crippen molar-refractivity contribution >= 4 is 23.2 Å². The lowest BCUT2D eigenvalue weighted by Gasteiger charge is -2.24. The Labute approximate surface area is 157 Å². The molecule has 2 atom stereocenters. The Morgan fingerprint density at radius 3 is 2.50 bits per heavy atom. The number of carbonyl (C=O) groups is 2. The predicted octanol–water partition coefficient (Wildman–Crippen LogP) is 1.61. The van der Waals surface area contributed by atoms with Crippen LogP contribution in [0.1, 0.15) is 38.4 Å². The molecule has 136 valence electrons. The van der Waals surface area contributed by atoms with Crippen LogP contribution in [0.2, 0.25) is 0 Å². The summed E-state index contributed by atoms with van der Waals surface area (Å²) in [4.78, 5) is 29.2. The van der Waals surface area contributed by atoms with E-state index in [1.807, 2.05) is 0 Å². The molecular formula is C20H23N2O3S+. The Hall–Kier alpha value is -2.02. The van der Waals surface area contributed by atoms with Gasteiger partial charge in [0.25, 0.3) is 11.8 Å². The molecule has 2 aliphatic heterocycles. The number of rotatable bonds is 7. The molecule has 5 nitrogen and oxygen atoms in total. The van der Waals surface area contributed by atoms with Crippen molar-refractivity contribution in [2.45, 2.75) is 25.5 Å². The first-order valence-corrected chi connectivity index (χ1v) is 10.0. The van der Waals surface area contributed by atoms with E-state index in [9.17, 15) is 9.59 Å². The van der Waals surface area contributed by atoms with Crippen LogP contribution >= 0.6 is 11.3 Å². The summed E-state index contributed by atoms with van der Waals surface area (Å²) in [5.74, 6) is -0.337. The van der Waals surface area contributed by atoms with Gasteiger partial charge in [-0.2, -0.15) is 0 Å². The van der Waals surface area contributed by atoms with E-state index in [0.717, 1.165) is 39.1 Å². The summed E-state index contributed by atoms with van der Waals surface area (Å²) >= 11 is 1.75. The quantitative estimate of drug-likeness (QED) is 0.753. The van der Waals surface area contributed by atoms with Gasteiger partial charge in [-0.05, 0) is 36.4 Å². The van der Waals surface area contributed by atoms with Crippen LogP contribution in [0.5, 0.6) is 0 Å². The molecule has 0 aliphatic carbocycles. The fourth-order valence-electron chi connectivity index (χ4n) is 3.76. The van der Waals surface area contributed by atoms with Crippen LogP contribution in [0, 0.1) is 0 Å². The zero-order chi connectivity index (χ0) is 17.9. The first-order chi connectivity index (χ1) is 12.7. The zero-order valence-corrected chi connectivity index (χ0v) is 15.5. The van der Waals surface area contributed by atoms with Gasteiger partial charge in [0.05, 0.1) is 29.1 Å². The van der Waals surface area contributed by atoms with Crippen molar-refractivity contribution in [1.29, 1.82) is 0 Å². The third kappa shape index (κ3) is 3.58. The van der Waals surface area contributed by atoms with Gasteiger partial charge in [-0.25, -0.2) is 0 Å². The van der Waals surface area contributed by atoms with Gasteiger partial charge in [0.15, 0.2) is 0 Å². The lowest BCUT2D eigenvalue weighted by Crippen LogP contribution is -3.12. The summed E-state index contributed by atoms with van der Waals surface area (Å²) in [7, 11) is 0. The maximum atomic E-state index is 12.6. The van der Waals surface area contributed by atoms with Crippen LogP contribution in [0.15, 0.2) is 41.8 Å². The zero-order valence-electron chi connectivity index (χ0n) is 14.6. The molecule has 2 aliphatic rings. The number of nitrogens with one attached hydrogen (secondary N) is 1. The van der Waals surface area contributed by atoms with Crippen molar-refractivity contribution < 1.29 is 19.2 Å². The predicted molar refractivity (Wildman–Crippen MR) is 99.5 cm³/mol. The monoisotopic (exact) mass is 371 g/mol. The molecule has 3 heterocycles. The highest BCUT2D eigenvalue weighted by Crippen LogP contribution is 2.21. The first-order valence-electron chi connectivity index (χ1n) is 9.15. The molecule has 1 unspecified atom stereocenters. The molecular weight excluding hydrogens is 348 g/mol. The standard InChI is InChI=1S/C20H22N2O3S/c23-19-17-7-1-2-8-18(17)20(24)22(19)10-9-21(13-15-5-3-11-25-15)14-16-6-4-12-26-16/h1-2,4,6-8,12,15H,3,5,9-11,13-14H2/p+1/t15-/m0/s1. The molecule has 6 heteroatoms. The van der Waals surface area contributed by atoms with Crippen molar-refractivity contribution in [3.05, 3.63) is 57.8 Å². The summed E-state index contributed by atoms with van der Waals surface area (Å²) in [6.07, 6.45) is 2.50. The first kappa shape index (κ1) is 17.4. The molecule has 1 fully saturated rings. The Morgan fingerprint density at radius 2 is 1.88 bits per heavy atom. The number of imide groups is 1. The second kappa shape index (κ2) is 7.70. The summed E-state index contributed by atoms with van der Waals surface area (Å²) < 4.78 is 5.80. The average molecular weight is 371 g/mol. The number of carbonyl (C=O) groups excluding carboxylic acids is 2.